The lowest BCUT2D eigenvalue weighted by molar-refractivity contribution is -0.0728. The Morgan fingerprint density at radius 3 is 0.667 bits per heavy atom. The summed E-state index contributed by atoms with van der Waals surface area (Å²) in [5, 5.41) is 0. The van der Waals surface area contributed by atoms with Crippen LogP contribution in [0.25, 0.3) is 0 Å². The molecule has 272 valence electrons. The van der Waals surface area contributed by atoms with E-state index in [0.29, 0.717) is 0 Å². The molecule has 0 saturated heterocycles. The van der Waals surface area contributed by atoms with Gasteiger partial charge >= 0.3 is 0 Å². The van der Waals surface area contributed by atoms with Crippen LogP contribution in [-0.2, 0) is 14.2 Å². The van der Waals surface area contributed by atoms with Crippen molar-refractivity contribution in [2.24, 2.45) is 5.41 Å². The molecule has 45 heavy (non-hydrogen) atoms. The third-order valence-corrected chi connectivity index (χ3v) is 9.90. The van der Waals surface area contributed by atoms with Crippen molar-refractivity contribution >= 4 is 0 Å². The van der Waals surface area contributed by atoms with Crippen molar-refractivity contribution in [2.75, 3.05) is 39.6 Å². The minimum absolute atomic E-state index is 0.00450. The standard InChI is InChI=1S/C42H86O3/c1-5-9-12-15-18-21-24-27-30-33-36-43-39-42(8-4,40-44-37-34-31-28-25-22-19-16-13-10-6-2)41-45-38-35-32-29-26-23-20-17-14-11-7-3/h5-41H2,1-4H3. The van der Waals surface area contributed by atoms with Crippen LogP contribution in [-0.4, -0.2) is 39.6 Å². The zero-order valence-corrected chi connectivity index (χ0v) is 31.9. The smallest absolute Gasteiger partial charge is 0.0566 e. The number of rotatable bonds is 40. The van der Waals surface area contributed by atoms with Gasteiger partial charge in [0, 0.05) is 25.2 Å². The largest absolute Gasteiger partial charge is 0.381 e. The van der Waals surface area contributed by atoms with Crippen LogP contribution in [0.4, 0.5) is 0 Å². The van der Waals surface area contributed by atoms with Crippen molar-refractivity contribution in [3.63, 3.8) is 0 Å². The molecule has 0 aromatic carbocycles. The van der Waals surface area contributed by atoms with Crippen LogP contribution in [0, 0.1) is 5.41 Å². The molecule has 0 aromatic heterocycles. The van der Waals surface area contributed by atoms with E-state index in [-0.39, 0.29) is 5.41 Å². The third-order valence-electron chi connectivity index (χ3n) is 9.90. The molecule has 0 bridgehead atoms. The van der Waals surface area contributed by atoms with Crippen LogP contribution >= 0.6 is 0 Å². The lowest BCUT2D eigenvalue weighted by atomic mass is 9.88. The molecule has 0 amide bonds. The van der Waals surface area contributed by atoms with E-state index in [0.717, 1.165) is 46.1 Å². The first-order valence-corrected chi connectivity index (χ1v) is 21.0. The molecule has 0 aliphatic carbocycles. The van der Waals surface area contributed by atoms with Crippen molar-refractivity contribution in [1.29, 1.82) is 0 Å². The van der Waals surface area contributed by atoms with E-state index < -0.39 is 0 Å². The van der Waals surface area contributed by atoms with E-state index >= 15 is 0 Å². The van der Waals surface area contributed by atoms with E-state index in [1.54, 1.807) is 0 Å². The summed E-state index contributed by atoms with van der Waals surface area (Å²) in [4.78, 5) is 0. The average molecular weight is 639 g/mol. The first kappa shape index (κ1) is 44.9. The van der Waals surface area contributed by atoms with E-state index in [2.05, 4.69) is 27.7 Å². The van der Waals surface area contributed by atoms with Crippen LogP contribution in [0.2, 0.25) is 0 Å². The molecule has 0 N–H and O–H groups in total. The van der Waals surface area contributed by atoms with Gasteiger partial charge in [-0.2, -0.15) is 0 Å². The number of hydrogen-bond donors (Lipinski definition) is 0. The first-order chi connectivity index (χ1) is 22.2. The van der Waals surface area contributed by atoms with Crippen molar-refractivity contribution in [1.82, 2.24) is 0 Å². The van der Waals surface area contributed by atoms with Crippen LogP contribution in [0.15, 0.2) is 0 Å². The monoisotopic (exact) mass is 639 g/mol. The van der Waals surface area contributed by atoms with Crippen LogP contribution < -0.4 is 0 Å². The lowest BCUT2D eigenvalue weighted by Crippen LogP contribution is -2.37. The quantitative estimate of drug-likeness (QED) is 0.0625. The van der Waals surface area contributed by atoms with Crippen LogP contribution in [0.3, 0.4) is 0 Å². The van der Waals surface area contributed by atoms with E-state index in [9.17, 15) is 0 Å². The fraction of sp³-hybridized carbons (Fsp3) is 1.00. The molecule has 0 fully saturated rings. The molecular weight excluding hydrogens is 552 g/mol. The maximum atomic E-state index is 6.32. The van der Waals surface area contributed by atoms with Crippen molar-refractivity contribution < 1.29 is 14.2 Å². The number of ether oxygens (including phenoxy) is 3. The Balaban J connectivity index is 4.21. The highest BCUT2D eigenvalue weighted by atomic mass is 16.5. The molecule has 3 nitrogen and oxygen atoms in total. The van der Waals surface area contributed by atoms with Crippen molar-refractivity contribution in [3.8, 4) is 0 Å². The van der Waals surface area contributed by atoms with Gasteiger partial charge in [0.05, 0.1) is 19.8 Å². The summed E-state index contributed by atoms with van der Waals surface area (Å²) >= 11 is 0. The van der Waals surface area contributed by atoms with Gasteiger partial charge < -0.3 is 14.2 Å². The Morgan fingerprint density at radius 2 is 0.467 bits per heavy atom. The Labute approximate surface area is 285 Å². The van der Waals surface area contributed by atoms with E-state index in [1.807, 2.05) is 0 Å². The van der Waals surface area contributed by atoms with Gasteiger partial charge in [-0.15, -0.1) is 0 Å². The SMILES string of the molecule is CCCCCCCCCCCCOCC(CC)(COCCCCCCCCCCCC)COCCCCCCCCCCCC. The molecule has 0 aliphatic heterocycles. The summed E-state index contributed by atoms with van der Waals surface area (Å²) in [5.41, 5.74) is -0.00450. The van der Waals surface area contributed by atoms with Crippen LogP contribution in [0.5, 0.6) is 0 Å². The second-order valence-corrected chi connectivity index (χ2v) is 14.6. The summed E-state index contributed by atoms with van der Waals surface area (Å²) in [6.07, 6.45) is 42.1. The molecule has 0 rings (SSSR count). The Bertz CT molecular complexity index is 453. The Morgan fingerprint density at radius 1 is 0.267 bits per heavy atom. The number of unbranched alkanes of at least 4 members (excludes halogenated alkanes) is 27. The molecule has 0 atom stereocenters. The van der Waals surface area contributed by atoms with Gasteiger partial charge in [-0.1, -0.05) is 201 Å². The fourth-order valence-electron chi connectivity index (χ4n) is 6.37. The Kier molecular flexibility index (Phi) is 38.2. The zero-order chi connectivity index (χ0) is 32.8. The maximum Gasteiger partial charge on any atom is 0.0566 e. The highest BCUT2D eigenvalue weighted by Gasteiger charge is 2.29. The van der Waals surface area contributed by atoms with Gasteiger partial charge in [-0.25, -0.2) is 0 Å². The van der Waals surface area contributed by atoms with Crippen molar-refractivity contribution in [3.05, 3.63) is 0 Å². The molecule has 0 unspecified atom stereocenters. The minimum Gasteiger partial charge on any atom is -0.381 e. The van der Waals surface area contributed by atoms with Crippen LogP contribution in [0.1, 0.15) is 227 Å². The first-order valence-electron chi connectivity index (χ1n) is 21.0. The summed E-state index contributed by atoms with van der Waals surface area (Å²) in [7, 11) is 0. The van der Waals surface area contributed by atoms with E-state index in [4.69, 9.17) is 14.2 Å². The van der Waals surface area contributed by atoms with E-state index in [1.165, 1.54) is 193 Å². The fourth-order valence-corrected chi connectivity index (χ4v) is 6.37. The second-order valence-electron chi connectivity index (χ2n) is 14.6. The highest BCUT2D eigenvalue weighted by molar-refractivity contribution is 4.78. The minimum atomic E-state index is -0.00450. The summed E-state index contributed by atoms with van der Waals surface area (Å²) in [6, 6.07) is 0. The normalized spacial score (nSPS) is 12.0. The molecule has 0 spiro atoms. The summed E-state index contributed by atoms with van der Waals surface area (Å²) in [5.74, 6) is 0. The molecule has 0 heterocycles. The number of hydrogen-bond acceptors (Lipinski definition) is 3. The summed E-state index contributed by atoms with van der Waals surface area (Å²) in [6.45, 7) is 14.2. The maximum absolute atomic E-state index is 6.32. The predicted octanol–water partition coefficient (Wildman–Crippen LogP) is 14.2. The molecule has 0 saturated carbocycles. The Hall–Kier alpha value is -0.120. The van der Waals surface area contributed by atoms with Crippen molar-refractivity contribution in [2.45, 2.75) is 227 Å². The summed E-state index contributed by atoms with van der Waals surface area (Å²) < 4.78 is 19.0. The van der Waals surface area contributed by atoms with Gasteiger partial charge in [0.1, 0.15) is 0 Å². The lowest BCUT2D eigenvalue weighted by Gasteiger charge is -2.32. The third kappa shape index (κ3) is 33.6. The predicted molar refractivity (Wildman–Crippen MR) is 201 cm³/mol. The average Bonchev–Trinajstić information content (AvgIpc) is 3.05. The van der Waals surface area contributed by atoms with Gasteiger partial charge in [-0.3, -0.25) is 0 Å². The second kappa shape index (κ2) is 38.3. The molecule has 3 heteroatoms. The highest BCUT2D eigenvalue weighted by Crippen LogP contribution is 2.25. The topological polar surface area (TPSA) is 27.7 Å². The molecule has 0 aromatic rings. The molecular formula is C42H86O3. The zero-order valence-electron chi connectivity index (χ0n) is 31.9. The van der Waals surface area contributed by atoms with Gasteiger partial charge in [-0.05, 0) is 25.7 Å². The van der Waals surface area contributed by atoms with Gasteiger partial charge in [0.25, 0.3) is 0 Å². The molecule has 0 radical (unpaired) electrons. The molecule has 0 aliphatic rings. The van der Waals surface area contributed by atoms with Gasteiger partial charge in [0.15, 0.2) is 0 Å². The van der Waals surface area contributed by atoms with Gasteiger partial charge in [0.2, 0.25) is 0 Å².